The first-order valence-electron chi connectivity index (χ1n) is 6.79. The van der Waals surface area contributed by atoms with E-state index in [0.717, 1.165) is 17.0 Å². The quantitative estimate of drug-likeness (QED) is 0.797. The molecule has 0 fully saturated rings. The van der Waals surface area contributed by atoms with Crippen molar-refractivity contribution < 1.29 is 13.9 Å². The van der Waals surface area contributed by atoms with Crippen LogP contribution in [-0.4, -0.2) is 18.1 Å². The zero-order chi connectivity index (χ0) is 15.0. The molecule has 20 heavy (non-hydrogen) atoms. The van der Waals surface area contributed by atoms with Crippen LogP contribution < -0.4 is 0 Å². The SMILES string of the molecule is CC.COC(=O)CCc1nc(C)c(-c2ccccc2)o1. The van der Waals surface area contributed by atoms with Gasteiger partial charge in [-0.1, -0.05) is 44.2 Å². The number of benzene rings is 1. The number of hydrogen-bond donors (Lipinski definition) is 0. The van der Waals surface area contributed by atoms with Gasteiger partial charge in [-0.2, -0.15) is 0 Å². The first-order chi connectivity index (χ1) is 9.70. The topological polar surface area (TPSA) is 52.3 Å². The van der Waals surface area contributed by atoms with Crippen molar-refractivity contribution in [1.29, 1.82) is 0 Å². The van der Waals surface area contributed by atoms with Crippen LogP contribution in [0.15, 0.2) is 34.7 Å². The lowest BCUT2D eigenvalue weighted by atomic mass is 10.1. The second-order valence-electron chi connectivity index (χ2n) is 3.96. The average Bonchev–Trinajstić information content (AvgIpc) is 2.88. The third-order valence-electron chi connectivity index (χ3n) is 2.65. The first-order valence-corrected chi connectivity index (χ1v) is 6.79. The van der Waals surface area contributed by atoms with Gasteiger partial charge in [0, 0.05) is 12.0 Å². The van der Waals surface area contributed by atoms with E-state index < -0.39 is 0 Å². The minimum absolute atomic E-state index is 0.257. The Bertz CT molecular complexity index is 532. The van der Waals surface area contributed by atoms with Gasteiger partial charge in [0.05, 0.1) is 19.2 Å². The molecule has 0 amide bonds. The van der Waals surface area contributed by atoms with Crippen LogP contribution >= 0.6 is 0 Å². The van der Waals surface area contributed by atoms with E-state index in [-0.39, 0.29) is 12.4 Å². The fraction of sp³-hybridized carbons (Fsp3) is 0.375. The highest BCUT2D eigenvalue weighted by Gasteiger charge is 2.12. The summed E-state index contributed by atoms with van der Waals surface area (Å²) in [5, 5.41) is 0. The second-order valence-corrected chi connectivity index (χ2v) is 3.96. The average molecular weight is 275 g/mol. The lowest BCUT2D eigenvalue weighted by Crippen LogP contribution is -2.01. The summed E-state index contributed by atoms with van der Waals surface area (Å²) in [6.45, 7) is 5.90. The van der Waals surface area contributed by atoms with Crippen molar-refractivity contribution in [3.63, 3.8) is 0 Å². The molecule has 0 spiro atoms. The van der Waals surface area contributed by atoms with Gasteiger partial charge in [-0.15, -0.1) is 0 Å². The molecule has 0 unspecified atom stereocenters. The van der Waals surface area contributed by atoms with Crippen LogP contribution in [0, 0.1) is 6.92 Å². The zero-order valence-electron chi connectivity index (χ0n) is 12.5. The third-order valence-corrected chi connectivity index (χ3v) is 2.65. The van der Waals surface area contributed by atoms with Crippen molar-refractivity contribution in [2.45, 2.75) is 33.6 Å². The van der Waals surface area contributed by atoms with E-state index in [2.05, 4.69) is 9.72 Å². The summed E-state index contributed by atoms with van der Waals surface area (Å²) < 4.78 is 10.3. The van der Waals surface area contributed by atoms with Crippen LogP contribution in [0.25, 0.3) is 11.3 Å². The molecule has 0 aliphatic heterocycles. The molecule has 2 aromatic rings. The van der Waals surface area contributed by atoms with Crippen LogP contribution in [0.4, 0.5) is 0 Å². The summed E-state index contributed by atoms with van der Waals surface area (Å²) >= 11 is 0. The first kappa shape index (κ1) is 16.0. The van der Waals surface area contributed by atoms with Gasteiger partial charge in [-0.3, -0.25) is 4.79 Å². The Morgan fingerprint density at radius 3 is 2.50 bits per heavy atom. The number of carbonyl (C=O) groups excluding carboxylic acids is 1. The summed E-state index contributed by atoms with van der Waals surface area (Å²) in [6, 6.07) is 9.79. The molecule has 0 aliphatic rings. The molecule has 1 heterocycles. The molecule has 1 aromatic carbocycles. The molecule has 0 saturated heterocycles. The maximum atomic E-state index is 11.1. The molecule has 108 valence electrons. The highest BCUT2D eigenvalue weighted by Crippen LogP contribution is 2.24. The van der Waals surface area contributed by atoms with Gasteiger partial charge in [0.25, 0.3) is 0 Å². The summed E-state index contributed by atoms with van der Waals surface area (Å²) in [7, 11) is 1.37. The number of hydrogen-bond acceptors (Lipinski definition) is 4. The Hall–Kier alpha value is -2.10. The smallest absolute Gasteiger partial charge is 0.306 e. The summed E-state index contributed by atoms with van der Waals surface area (Å²) in [5.74, 6) is 1.07. The Morgan fingerprint density at radius 2 is 1.90 bits per heavy atom. The van der Waals surface area contributed by atoms with Gasteiger partial charge in [-0.05, 0) is 6.92 Å². The number of aryl methyl sites for hydroxylation is 2. The highest BCUT2D eigenvalue weighted by atomic mass is 16.5. The number of nitrogens with zero attached hydrogens (tertiary/aromatic N) is 1. The highest BCUT2D eigenvalue weighted by molar-refractivity contribution is 5.69. The molecular formula is C16H21NO3. The summed E-state index contributed by atoms with van der Waals surface area (Å²) in [6.07, 6.45) is 0.741. The number of ether oxygens (including phenoxy) is 1. The standard InChI is InChI=1S/C14H15NO3.C2H6/c1-10-14(11-6-4-3-5-7-11)18-12(15-10)8-9-13(16)17-2;1-2/h3-7H,8-9H2,1-2H3;1-2H3. The third kappa shape index (κ3) is 4.23. The molecule has 0 radical (unpaired) electrons. The van der Waals surface area contributed by atoms with Crippen molar-refractivity contribution in [3.8, 4) is 11.3 Å². The van der Waals surface area contributed by atoms with E-state index in [0.29, 0.717) is 12.3 Å². The normalized spacial score (nSPS) is 9.60. The lowest BCUT2D eigenvalue weighted by molar-refractivity contribution is -0.140. The Morgan fingerprint density at radius 1 is 1.25 bits per heavy atom. The van der Waals surface area contributed by atoms with Crippen molar-refractivity contribution >= 4 is 5.97 Å². The van der Waals surface area contributed by atoms with Crippen molar-refractivity contribution in [1.82, 2.24) is 4.98 Å². The summed E-state index contributed by atoms with van der Waals surface area (Å²) in [5.41, 5.74) is 1.83. The van der Waals surface area contributed by atoms with Crippen molar-refractivity contribution in [3.05, 3.63) is 41.9 Å². The summed E-state index contributed by atoms with van der Waals surface area (Å²) in [4.78, 5) is 15.4. The number of rotatable bonds is 4. The fourth-order valence-electron chi connectivity index (χ4n) is 1.73. The lowest BCUT2D eigenvalue weighted by Gasteiger charge is -1.97. The number of methoxy groups -OCH3 is 1. The number of carbonyl (C=O) groups is 1. The van der Waals surface area contributed by atoms with E-state index in [1.807, 2.05) is 51.1 Å². The van der Waals surface area contributed by atoms with Gasteiger partial charge in [0.15, 0.2) is 11.7 Å². The molecule has 0 atom stereocenters. The fourth-order valence-corrected chi connectivity index (χ4v) is 1.73. The maximum absolute atomic E-state index is 11.1. The molecular weight excluding hydrogens is 254 g/mol. The van der Waals surface area contributed by atoms with Gasteiger partial charge in [0.1, 0.15) is 0 Å². The van der Waals surface area contributed by atoms with E-state index in [1.54, 1.807) is 0 Å². The van der Waals surface area contributed by atoms with E-state index >= 15 is 0 Å². The number of oxazole rings is 1. The van der Waals surface area contributed by atoms with Crippen LogP contribution in [0.5, 0.6) is 0 Å². The number of aromatic nitrogens is 1. The molecule has 1 aromatic heterocycles. The second kappa shape index (κ2) is 8.15. The van der Waals surface area contributed by atoms with Crippen LogP contribution in [-0.2, 0) is 16.0 Å². The van der Waals surface area contributed by atoms with Gasteiger partial charge in [-0.25, -0.2) is 4.98 Å². The van der Waals surface area contributed by atoms with Crippen LogP contribution in [0.1, 0.15) is 31.9 Å². The Labute approximate surface area is 119 Å². The molecule has 0 N–H and O–H groups in total. The minimum atomic E-state index is -0.257. The molecule has 4 heteroatoms. The van der Waals surface area contributed by atoms with Gasteiger partial charge < -0.3 is 9.15 Å². The van der Waals surface area contributed by atoms with Gasteiger partial charge in [0.2, 0.25) is 0 Å². The van der Waals surface area contributed by atoms with E-state index in [9.17, 15) is 4.79 Å². The van der Waals surface area contributed by atoms with Crippen LogP contribution in [0.2, 0.25) is 0 Å². The molecule has 0 aliphatic carbocycles. The largest absolute Gasteiger partial charge is 0.469 e. The molecule has 4 nitrogen and oxygen atoms in total. The Kier molecular flexibility index (Phi) is 6.50. The predicted molar refractivity (Wildman–Crippen MR) is 78.4 cm³/mol. The van der Waals surface area contributed by atoms with Crippen LogP contribution in [0.3, 0.4) is 0 Å². The number of esters is 1. The molecule has 0 saturated carbocycles. The monoisotopic (exact) mass is 275 g/mol. The predicted octanol–water partition coefficient (Wildman–Crippen LogP) is 3.78. The van der Waals surface area contributed by atoms with Crippen molar-refractivity contribution in [2.24, 2.45) is 0 Å². The zero-order valence-corrected chi connectivity index (χ0v) is 12.5. The van der Waals surface area contributed by atoms with Crippen molar-refractivity contribution in [2.75, 3.05) is 7.11 Å². The van der Waals surface area contributed by atoms with Gasteiger partial charge >= 0.3 is 5.97 Å². The molecule has 2 rings (SSSR count). The minimum Gasteiger partial charge on any atom is -0.469 e. The molecule has 0 bridgehead atoms. The van der Waals surface area contributed by atoms with E-state index in [1.165, 1.54) is 7.11 Å². The van der Waals surface area contributed by atoms with E-state index in [4.69, 9.17) is 4.42 Å². The Balaban J connectivity index is 0.000000956. The maximum Gasteiger partial charge on any atom is 0.306 e.